The Kier molecular flexibility index (Phi) is 8.53. The van der Waals surface area contributed by atoms with Gasteiger partial charge in [0.05, 0.1) is 13.2 Å². The summed E-state index contributed by atoms with van der Waals surface area (Å²) >= 11 is -0.887. The Hall–Kier alpha value is -2.73. The third kappa shape index (κ3) is 7.19. The molecule has 1 aliphatic rings. The first kappa shape index (κ1) is 28.8. The lowest BCUT2D eigenvalue weighted by Crippen LogP contribution is -2.48. The summed E-state index contributed by atoms with van der Waals surface area (Å²) in [6.45, 7) is 3.96. The number of hydrogen-bond donors (Lipinski definition) is 0. The van der Waals surface area contributed by atoms with Crippen LogP contribution < -0.4 is 4.18 Å². The van der Waals surface area contributed by atoms with Crippen molar-refractivity contribution in [2.75, 3.05) is 13.7 Å². The quantitative estimate of drug-likeness (QED) is 0.162. The zero-order valence-electron chi connectivity index (χ0n) is 20.3. The number of ether oxygens (including phenoxy) is 1. The van der Waals surface area contributed by atoms with Gasteiger partial charge in [0.25, 0.3) is 0 Å². The van der Waals surface area contributed by atoms with Gasteiger partial charge >= 0.3 is 11.5 Å². The topological polar surface area (TPSA) is 38.8 Å². The Labute approximate surface area is 213 Å². The second-order valence-electron chi connectivity index (χ2n) is 9.20. The number of alkyl halides is 4. The number of nitrogens with zero attached hydrogens (tertiary/aromatic N) is 1. The Bertz CT molecular complexity index is 1170. The largest absolute Gasteiger partial charge is 0.479 e. The minimum absolute atomic E-state index is 0.00436. The van der Waals surface area contributed by atoms with Crippen molar-refractivity contribution in [3.8, 4) is 5.75 Å². The number of esters is 1. The second kappa shape index (κ2) is 10.9. The fourth-order valence-electron chi connectivity index (χ4n) is 4.26. The summed E-state index contributed by atoms with van der Waals surface area (Å²) in [5.74, 6) is -4.67. The van der Waals surface area contributed by atoms with Gasteiger partial charge in [-0.3, -0.25) is 4.90 Å². The van der Waals surface area contributed by atoms with E-state index in [0.29, 0.717) is 5.56 Å². The molecule has 0 saturated carbocycles. The summed E-state index contributed by atoms with van der Waals surface area (Å²) in [5, 5.41) is 0. The summed E-state index contributed by atoms with van der Waals surface area (Å²) in [5.41, 5.74) is -6.70. The van der Waals surface area contributed by atoms with Crippen LogP contribution in [-0.2, 0) is 16.0 Å². The predicted molar refractivity (Wildman–Crippen MR) is 125 cm³/mol. The number of benzene rings is 2. The molecule has 0 spiro atoms. The summed E-state index contributed by atoms with van der Waals surface area (Å²) in [4.78, 5) is 12.8. The molecule has 2 aromatic rings. The number of halogens is 7. The van der Waals surface area contributed by atoms with Crippen molar-refractivity contribution in [1.82, 2.24) is 4.90 Å². The van der Waals surface area contributed by atoms with Gasteiger partial charge in [-0.2, -0.15) is 13.2 Å². The molecule has 0 N–H and O–H groups in total. The van der Waals surface area contributed by atoms with Crippen molar-refractivity contribution in [2.45, 2.75) is 50.5 Å². The monoisotopic (exact) mass is 551 g/mol. The van der Waals surface area contributed by atoms with E-state index in [1.165, 1.54) is 18.7 Å². The lowest BCUT2D eigenvalue weighted by atomic mass is 9.83. The molecule has 2 unspecified atom stereocenters. The van der Waals surface area contributed by atoms with Crippen LogP contribution in [0.25, 0.3) is 6.08 Å². The van der Waals surface area contributed by atoms with Gasteiger partial charge in [0.1, 0.15) is 17.3 Å². The maximum absolute atomic E-state index is 15.4. The Balaban J connectivity index is 2.15. The number of carbonyl (C=O) groups is 1. The zero-order valence-corrected chi connectivity index (χ0v) is 21.1. The van der Waals surface area contributed by atoms with E-state index < -0.39 is 70.0 Å². The van der Waals surface area contributed by atoms with Crippen LogP contribution >= 0.6 is 12.0 Å². The van der Waals surface area contributed by atoms with Gasteiger partial charge in [0.15, 0.2) is 23.6 Å². The third-order valence-corrected chi connectivity index (χ3v) is 6.13. The summed E-state index contributed by atoms with van der Waals surface area (Å²) < 4.78 is 107. The average Bonchev–Trinajstić information content (AvgIpc) is 2.76. The molecular weight excluding hydrogens is 527 g/mol. The zero-order chi connectivity index (χ0) is 27.7. The molecule has 0 fully saturated rings. The Morgan fingerprint density at radius 2 is 1.70 bits per heavy atom. The van der Waals surface area contributed by atoms with Crippen LogP contribution in [0.5, 0.6) is 5.75 Å². The molecule has 1 heterocycles. The van der Waals surface area contributed by atoms with Gasteiger partial charge in [-0.15, -0.1) is 0 Å². The standard InChI is InChI=1S/C25H24F7NO3S/c1-13-7-15-10-20(36-37-25(30,31)32)17(26)11-16(15)23(33(13)12-24(2,3)29)22-18(27)8-14(9-19(22)28)5-6-21(34)35-4/h5-6,8-11,13,23H,7,12H2,1-4H3/b6-5+. The maximum atomic E-state index is 15.4. The fraction of sp³-hybridized carbons (Fsp3) is 0.400. The average molecular weight is 552 g/mol. The van der Waals surface area contributed by atoms with Crippen LogP contribution in [-0.4, -0.2) is 41.7 Å². The molecule has 0 aromatic heterocycles. The maximum Gasteiger partial charge on any atom is 0.479 e. The van der Waals surface area contributed by atoms with Gasteiger partial charge in [-0.05, 0) is 74.2 Å². The first-order valence-corrected chi connectivity index (χ1v) is 11.8. The van der Waals surface area contributed by atoms with E-state index in [2.05, 4.69) is 8.92 Å². The van der Waals surface area contributed by atoms with Gasteiger partial charge in [-0.1, -0.05) is 0 Å². The molecule has 0 bridgehead atoms. The molecular formula is C25H24F7NO3S. The van der Waals surface area contributed by atoms with Crippen LogP contribution in [0.15, 0.2) is 30.3 Å². The van der Waals surface area contributed by atoms with Crippen molar-refractivity contribution in [1.29, 1.82) is 0 Å². The highest BCUT2D eigenvalue weighted by Crippen LogP contribution is 2.44. The van der Waals surface area contributed by atoms with Gasteiger partial charge in [-0.25, -0.2) is 22.4 Å². The molecule has 0 aliphatic carbocycles. The fourth-order valence-corrected chi connectivity index (χ4v) is 4.58. The second-order valence-corrected chi connectivity index (χ2v) is 9.99. The van der Waals surface area contributed by atoms with E-state index in [0.717, 1.165) is 43.5 Å². The molecule has 2 atom stereocenters. The first-order chi connectivity index (χ1) is 17.1. The molecule has 3 rings (SSSR count). The lowest BCUT2D eigenvalue weighted by molar-refractivity contribution is -0.134. The molecule has 0 amide bonds. The number of methoxy groups -OCH3 is 1. The molecule has 4 nitrogen and oxygen atoms in total. The summed E-state index contributed by atoms with van der Waals surface area (Å²) in [6.07, 6.45) is 2.25. The predicted octanol–water partition coefficient (Wildman–Crippen LogP) is 6.92. The number of carbonyl (C=O) groups excluding carboxylic acids is 1. The van der Waals surface area contributed by atoms with Gasteiger partial charge in [0.2, 0.25) is 0 Å². The van der Waals surface area contributed by atoms with Crippen LogP contribution in [0.1, 0.15) is 49.1 Å². The normalized spacial score (nSPS) is 18.7. The van der Waals surface area contributed by atoms with Gasteiger partial charge in [0, 0.05) is 24.2 Å². The van der Waals surface area contributed by atoms with E-state index in [-0.39, 0.29) is 24.1 Å². The number of fused-ring (bicyclic) bond motifs is 1. The van der Waals surface area contributed by atoms with E-state index in [1.54, 1.807) is 6.92 Å². The summed E-state index contributed by atoms with van der Waals surface area (Å²) in [6, 6.07) is 2.02. The minimum atomic E-state index is -4.78. The van der Waals surface area contributed by atoms with Crippen molar-refractivity contribution in [3.63, 3.8) is 0 Å². The molecule has 202 valence electrons. The van der Waals surface area contributed by atoms with Crippen molar-refractivity contribution < 1.29 is 44.4 Å². The van der Waals surface area contributed by atoms with E-state index in [4.69, 9.17) is 0 Å². The third-order valence-electron chi connectivity index (χ3n) is 5.67. The molecule has 0 saturated heterocycles. The molecule has 37 heavy (non-hydrogen) atoms. The SMILES string of the molecule is COC(=O)/C=C/c1cc(F)c(C2c3cc(F)c(OSC(F)(F)F)cc3CC(C)N2CC(C)(C)F)c(F)c1. The van der Waals surface area contributed by atoms with E-state index in [1.807, 2.05) is 0 Å². The van der Waals surface area contributed by atoms with E-state index >= 15 is 8.78 Å². The highest BCUT2D eigenvalue weighted by atomic mass is 32.2. The van der Waals surface area contributed by atoms with Crippen molar-refractivity contribution in [3.05, 3.63) is 70.0 Å². The number of hydrogen-bond acceptors (Lipinski definition) is 5. The smallest absolute Gasteiger partial charge is 0.466 e. The molecule has 0 radical (unpaired) electrons. The van der Waals surface area contributed by atoms with E-state index in [9.17, 15) is 26.7 Å². The van der Waals surface area contributed by atoms with Crippen molar-refractivity contribution >= 4 is 24.1 Å². The van der Waals surface area contributed by atoms with Crippen LogP contribution in [0.4, 0.5) is 30.7 Å². The lowest BCUT2D eigenvalue weighted by Gasteiger charge is -2.44. The Morgan fingerprint density at radius 1 is 1.08 bits per heavy atom. The van der Waals surface area contributed by atoms with Gasteiger partial charge < -0.3 is 8.92 Å². The van der Waals surface area contributed by atoms with Crippen molar-refractivity contribution in [2.24, 2.45) is 0 Å². The molecule has 2 aromatic carbocycles. The molecule has 12 heteroatoms. The number of rotatable bonds is 7. The van der Waals surface area contributed by atoms with Crippen LogP contribution in [0.2, 0.25) is 0 Å². The van der Waals surface area contributed by atoms with Crippen LogP contribution in [0, 0.1) is 17.5 Å². The minimum Gasteiger partial charge on any atom is -0.466 e. The highest BCUT2D eigenvalue weighted by molar-refractivity contribution is 7.95. The Morgan fingerprint density at radius 3 is 2.24 bits per heavy atom. The van der Waals surface area contributed by atoms with Crippen LogP contribution in [0.3, 0.4) is 0 Å². The summed E-state index contributed by atoms with van der Waals surface area (Å²) in [7, 11) is 1.14. The highest BCUT2D eigenvalue weighted by Gasteiger charge is 2.40. The first-order valence-electron chi connectivity index (χ1n) is 11.0. The molecule has 1 aliphatic heterocycles.